The van der Waals surface area contributed by atoms with E-state index in [4.69, 9.17) is 5.73 Å². The first-order chi connectivity index (χ1) is 8.13. The van der Waals surface area contributed by atoms with Crippen molar-refractivity contribution in [2.24, 2.45) is 5.73 Å². The van der Waals surface area contributed by atoms with Gasteiger partial charge in [-0.05, 0) is 30.0 Å². The first-order valence-electron chi connectivity index (χ1n) is 5.87. The van der Waals surface area contributed by atoms with Crippen LogP contribution in [-0.2, 0) is 17.6 Å². The lowest BCUT2D eigenvalue weighted by atomic mass is 10.0. The molecule has 0 aromatic heterocycles. The minimum atomic E-state index is -0.699. The van der Waals surface area contributed by atoms with Crippen LogP contribution in [0.2, 0.25) is 0 Å². The lowest BCUT2D eigenvalue weighted by Crippen LogP contribution is -2.38. The molecule has 1 aromatic rings. The molecule has 4 nitrogen and oxygen atoms in total. The van der Waals surface area contributed by atoms with E-state index in [0.29, 0.717) is 5.69 Å². The number of fused-ring (bicyclic) bond motifs is 1. The highest BCUT2D eigenvalue weighted by Crippen LogP contribution is 2.29. The fourth-order valence-electron chi connectivity index (χ4n) is 2.15. The number of anilines is 1. The van der Waals surface area contributed by atoms with Gasteiger partial charge in [-0.15, -0.1) is 0 Å². The molecule has 0 saturated carbocycles. The van der Waals surface area contributed by atoms with E-state index in [2.05, 4.69) is 6.92 Å². The summed E-state index contributed by atoms with van der Waals surface area (Å²) in [7, 11) is 0. The van der Waals surface area contributed by atoms with E-state index in [1.165, 1.54) is 5.56 Å². The molecular weight excluding hydrogens is 216 g/mol. The summed E-state index contributed by atoms with van der Waals surface area (Å²) in [4.78, 5) is 23.8. The number of benzene rings is 1. The Morgan fingerprint density at radius 3 is 2.88 bits per heavy atom. The zero-order valence-corrected chi connectivity index (χ0v) is 9.90. The van der Waals surface area contributed by atoms with Crippen molar-refractivity contribution >= 4 is 17.6 Å². The molecular formula is C13H16N2O2. The molecule has 1 aliphatic heterocycles. The topological polar surface area (TPSA) is 63.4 Å². The van der Waals surface area contributed by atoms with Crippen LogP contribution in [0, 0.1) is 0 Å². The molecule has 1 aromatic carbocycles. The molecule has 0 unspecified atom stereocenters. The quantitative estimate of drug-likeness (QED) is 0.866. The fraction of sp³-hybridized carbons (Fsp3) is 0.385. The molecule has 1 aliphatic rings. The number of nitrogens with two attached hydrogens (primary N) is 1. The van der Waals surface area contributed by atoms with Crippen LogP contribution in [0.15, 0.2) is 18.2 Å². The van der Waals surface area contributed by atoms with Crippen molar-refractivity contribution in [2.45, 2.75) is 32.6 Å². The normalized spacial score (nSPS) is 13.9. The Morgan fingerprint density at radius 1 is 1.47 bits per heavy atom. The Morgan fingerprint density at radius 2 is 2.24 bits per heavy atom. The molecule has 0 atom stereocenters. The Bertz CT molecular complexity index is 468. The summed E-state index contributed by atoms with van der Waals surface area (Å²) in [5.74, 6) is -0.236. The third kappa shape index (κ3) is 2.16. The fourth-order valence-corrected chi connectivity index (χ4v) is 2.15. The average molecular weight is 232 g/mol. The predicted octanol–water partition coefficient (Wildman–Crippen LogP) is 2.00. The smallest absolute Gasteiger partial charge is 0.326 e. The number of rotatable bonds is 3. The highest BCUT2D eigenvalue weighted by molar-refractivity contribution is 6.18. The van der Waals surface area contributed by atoms with E-state index in [1.807, 2.05) is 18.2 Å². The van der Waals surface area contributed by atoms with Crippen LogP contribution in [0.3, 0.4) is 0 Å². The number of imide groups is 1. The van der Waals surface area contributed by atoms with Crippen LogP contribution in [0.1, 0.15) is 30.9 Å². The Balaban J connectivity index is 2.28. The van der Waals surface area contributed by atoms with E-state index >= 15 is 0 Å². The molecule has 0 aliphatic carbocycles. The zero-order valence-electron chi connectivity index (χ0n) is 9.90. The second kappa shape index (κ2) is 4.57. The van der Waals surface area contributed by atoms with Crippen LogP contribution in [0.25, 0.3) is 0 Å². The molecule has 2 N–H and O–H groups in total. The third-order valence-corrected chi connectivity index (χ3v) is 3.02. The maximum atomic E-state index is 11.6. The molecule has 90 valence electrons. The van der Waals surface area contributed by atoms with E-state index in [1.54, 1.807) is 0 Å². The summed E-state index contributed by atoms with van der Waals surface area (Å²) in [5, 5.41) is 0. The van der Waals surface area contributed by atoms with E-state index in [0.717, 1.165) is 29.7 Å². The van der Waals surface area contributed by atoms with Crippen molar-refractivity contribution in [3.8, 4) is 0 Å². The van der Waals surface area contributed by atoms with Crippen molar-refractivity contribution in [2.75, 3.05) is 4.90 Å². The van der Waals surface area contributed by atoms with Crippen LogP contribution in [0.4, 0.5) is 10.5 Å². The van der Waals surface area contributed by atoms with Gasteiger partial charge in [-0.3, -0.25) is 4.79 Å². The van der Waals surface area contributed by atoms with Gasteiger partial charge < -0.3 is 5.73 Å². The number of nitrogens with zero attached hydrogens (tertiary/aromatic N) is 1. The maximum Gasteiger partial charge on any atom is 0.326 e. The second-order valence-electron chi connectivity index (χ2n) is 4.31. The summed E-state index contributed by atoms with van der Waals surface area (Å²) in [5.41, 5.74) is 7.95. The summed E-state index contributed by atoms with van der Waals surface area (Å²) < 4.78 is 0. The number of urea groups is 1. The third-order valence-electron chi connectivity index (χ3n) is 3.02. The van der Waals surface area contributed by atoms with Crippen LogP contribution >= 0.6 is 0 Å². The molecule has 17 heavy (non-hydrogen) atoms. The number of carbonyl (C=O) groups is 2. The van der Waals surface area contributed by atoms with Crippen molar-refractivity contribution < 1.29 is 9.59 Å². The van der Waals surface area contributed by atoms with Gasteiger partial charge in [-0.25, -0.2) is 9.69 Å². The van der Waals surface area contributed by atoms with E-state index < -0.39 is 6.03 Å². The minimum Gasteiger partial charge on any atom is -0.351 e. The number of primary amides is 1. The number of aryl methyl sites for hydroxylation is 1. The summed E-state index contributed by atoms with van der Waals surface area (Å²) >= 11 is 0. The SMILES string of the molecule is CCCCc1ccc2c(c1)CC(=O)N2C(N)=O. The molecule has 0 radical (unpaired) electrons. The van der Waals surface area contributed by atoms with Crippen molar-refractivity contribution in [1.29, 1.82) is 0 Å². The lowest BCUT2D eigenvalue weighted by Gasteiger charge is -2.12. The lowest BCUT2D eigenvalue weighted by molar-refractivity contribution is -0.116. The Labute approximate surface area is 100 Å². The first-order valence-corrected chi connectivity index (χ1v) is 5.87. The van der Waals surface area contributed by atoms with Gasteiger partial charge in [0.15, 0.2) is 0 Å². The number of unbranched alkanes of at least 4 members (excludes halogenated alkanes) is 1. The Hall–Kier alpha value is -1.84. The van der Waals surface area contributed by atoms with Gasteiger partial charge in [-0.1, -0.05) is 25.5 Å². The average Bonchev–Trinajstić information content (AvgIpc) is 2.61. The van der Waals surface area contributed by atoms with Crippen molar-refractivity contribution in [1.82, 2.24) is 0 Å². The van der Waals surface area contributed by atoms with E-state index in [-0.39, 0.29) is 12.3 Å². The predicted molar refractivity (Wildman–Crippen MR) is 65.8 cm³/mol. The van der Waals surface area contributed by atoms with Gasteiger partial charge in [0.25, 0.3) is 0 Å². The minimum absolute atomic E-state index is 0.236. The molecule has 3 amide bonds. The largest absolute Gasteiger partial charge is 0.351 e. The molecule has 4 heteroatoms. The number of hydrogen-bond acceptors (Lipinski definition) is 2. The van der Waals surface area contributed by atoms with Gasteiger partial charge in [0, 0.05) is 0 Å². The summed E-state index contributed by atoms with van der Waals surface area (Å²) in [6, 6.07) is 5.08. The van der Waals surface area contributed by atoms with Crippen LogP contribution < -0.4 is 10.6 Å². The maximum absolute atomic E-state index is 11.6. The van der Waals surface area contributed by atoms with Crippen LogP contribution in [0.5, 0.6) is 0 Å². The number of hydrogen-bond donors (Lipinski definition) is 1. The molecule has 1 heterocycles. The van der Waals surface area contributed by atoms with Gasteiger partial charge in [0.1, 0.15) is 0 Å². The van der Waals surface area contributed by atoms with Gasteiger partial charge in [0.05, 0.1) is 12.1 Å². The van der Waals surface area contributed by atoms with E-state index in [9.17, 15) is 9.59 Å². The second-order valence-corrected chi connectivity index (χ2v) is 4.31. The highest BCUT2D eigenvalue weighted by Gasteiger charge is 2.30. The molecule has 0 spiro atoms. The molecule has 2 rings (SSSR count). The molecule has 0 bridgehead atoms. The van der Waals surface area contributed by atoms with Crippen molar-refractivity contribution in [3.63, 3.8) is 0 Å². The molecule has 0 fully saturated rings. The van der Waals surface area contributed by atoms with Gasteiger partial charge in [-0.2, -0.15) is 0 Å². The highest BCUT2D eigenvalue weighted by atomic mass is 16.2. The Kier molecular flexibility index (Phi) is 3.13. The van der Waals surface area contributed by atoms with Gasteiger partial charge >= 0.3 is 6.03 Å². The summed E-state index contributed by atoms with van der Waals surface area (Å²) in [6.07, 6.45) is 3.56. The molecule has 0 saturated heterocycles. The van der Waals surface area contributed by atoms with Gasteiger partial charge in [0.2, 0.25) is 5.91 Å². The monoisotopic (exact) mass is 232 g/mol. The number of carbonyl (C=O) groups excluding carboxylic acids is 2. The van der Waals surface area contributed by atoms with Crippen LogP contribution in [-0.4, -0.2) is 11.9 Å². The summed E-state index contributed by atoms with van der Waals surface area (Å²) in [6.45, 7) is 2.14. The van der Waals surface area contributed by atoms with Crippen molar-refractivity contribution in [3.05, 3.63) is 29.3 Å². The first kappa shape index (κ1) is 11.6. The standard InChI is InChI=1S/C13H16N2O2/c1-2-3-4-9-5-6-11-10(7-9)8-12(16)15(11)13(14)17/h5-7H,2-4,8H2,1H3,(H2,14,17). The number of amides is 3. The zero-order chi connectivity index (χ0) is 12.4.